The van der Waals surface area contributed by atoms with Crippen LogP contribution in [0, 0.1) is 0 Å². The van der Waals surface area contributed by atoms with Gasteiger partial charge in [0.15, 0.2) is 6.29 Å². The number of methoxy groups -OCH3 is 1. The van der Waals surface area contributed by atoms with Crippen LogP contribution in [0.5, 0.6) is 5.75 Å². The first-order valence-corrected chi connectivity index (χ1v) is 5.49. The average molecular weight is 240 g/mol. The van der Waals surface area contributed by atoms with Crippen LogP contribution in [0.3, 0.4) is 0 Å². The van der Waals surface area contributed by atoms with Gasteiger partial charge in [-0.05, 0) is 11.6 Å². The molecule has 0 amide bonds. The van der Waals surface area contributed by atoms with Crippen LogP contribution in [0.1, 0.15) is 10.4 Å². The fourth-order valence-electron chi connectivity index (χ4n) is 1.77. The van der Waals surface area contributed by atoms with Gasteiger partial charge < -0.3 is 4.74 Å². The van der Waals surface area contributed by atoms with E-state index in [1.54, 1.807) is 31.4 Å². The number of ether oxygens (including phenoxy) is 1. The first kappa shape index (κ1) is 12.0. The zero-order valence-electron chi connectivity index (χ0n) is 9.92. The second-order valence-corrected chi connectivity index (χ2v) is 3.76. The van der Waals surface area contributed by atoms with E-state index in [-0.39, 0.29) is 0 Å². The van der Waals surface area contributed by atoms with E-state index in [0.717, 1.165) is 16.9 Å². The van der Waals surface area contributed by atoms with Gasteiger partial charge in [0.1, 0.15) is 5.75 Å². The van der Waals surface area contributed by atoms with E-state index < -0.39 is 5.78 Å². The van der Waals surface area contributed by atoms with Crippen LogP contribution < -0.4 is 4.74 Å². The summed E-state index contributed by atoms with van der Waals surface area (Å²) in [6.07, 6.45) is 0.318. The molecular formula is C15H12O3. The third-order valence-electron chi connectivity index (χ3n) is 2.69. The molecule has 0 fully saturated rings. The lowest BCUT2D eigenvalue weighted by atomic mass is 10.0. The van der Waals surface area contributed by atoms with E-state index in [2.05, 4.69) is 0 Å². The molecule has 18 heavy (non-hydrogen) atoms. The smallest absolute Gasteiger partial charge is 0.225 e. The normalized spacial score (nSPS) is 9.83. The highest BCUT2D eigenvalue weighted by Gasteiger charge is 2.07. The maximum Gasteiger partial charge on any atom is 0.225 e. The van der Waals surface area contributed by atoms with Gasteiger partial charge >= 0.3 is 0 Å². The van der Waals surface area contributed by atoms with Gasteiger partial charge in [-0.3, -0.25) is 9.59 Å². The molecule has 0 saturated carbocycles. The molecule has 0 N–H and O–H groups in total. The lowest BCUT2D eigenvalue weighted by Crippen LogP contribution is -1.99. The molecule has 2 aromatic rings. The molecule has 0 bridgehead atoms. The summed E-state index contributed by atoms with van der Waals surface area (Å²) in [7, 11) is 1.61. The fraction of sp³-hybridized carbons (Fsp3) is 0.0667. The van der Waals surface area contributed by atoms with Crippen molar-refractivity contribution in [2.75, 3.05) is 7.11 Å². The van der Waals surface area contributed by atoms with Crippen molar-refractivity contribution in [2.24, 2.45) is 0 Å². The Bertz CT molecular complexity index is 571. The summed E-state index contributed by atoms with van der Waals surface area (Å²) < 4.78 is 5.28. The van der Waals surface area contributed by atoms with Gasteiger partial charge in [0, 0.05) is 11.1 Å². The largest absolute Gasteiger partial charge is 0.496 e. The van der Waals surface area contributed by atoms with Gasteiger partial charge in [0.25, 0.3) is 0 Å². The SMILES string of the molecule is COc1ccccc1-c1ccc(C(=O)C=O)cc1. The standard InChI is InChI=1S/C15H12O3/c1-18-15-5-3-2-4-13(15)11-6-8-12(9-7-11)14(17)10-16/h2-10H,1H3. The van der Waals surface area contributed by atoms with Gasteiger partial charge in [0.05, 0.1) is 7.11 Å². The van der Waals surface area contributed by atoms with Crippen LogP contribution in [-0.4, -0.2) is 19.2 Å². The maximum absolute atomic E-state index is 11.2. The Morgan fingerprint density at radius 2 is 1.72 bits per heavy atom. The van der Waals surface area contributed by atoms with Crippen molar-refractivity contribution in [1.82, 2.24) is 0 Å². The minimum Gasteiger partial charge on any atom is -0.496 e. The molecule has 0 spiro atoms. The average Bonchev–Trinajstić information content (AvgIpc) is 2.46. The van der Waals surface area contributed by atoms with Gasteiger partial charge in [-0.1, -0.05) is 42.5 Å². The van der Waals surface area contributed by atoms with Crippen molar-refractivity contribution in [2.45, 2.75) is 0 Å². The van der Waals surface area contributed by atoms with Crippen LogP contribution in [-0.2, 0) is 4.79 Å². The summed E-state index contributed by atoms with van der Waals surface area (Å²) in [6.45, 7) is 0. The van der Waals surface area contributed by atoms with Crippen molar-refractivity contribution in [3.05, 3.63) is 54.1 Å². The Kier molecular flexibility index (Phi) is 3.53. The number of carbonyl (C=O) groups excluding carboxylic acids is 2. The summed E-state index contributed by atoms with van der Waals surface area (Å²) in [4.78, 5) is 21.6. The number of ketones is 1. The molecule has 3 nitrogen and oxygen atoms in total. The van der Waals surface area contributed by atoms with E-state index in [4.69, 9.17) is 4.74 Å². The second-order valence-electron chi connectivity index (χ2n) is 3.76. The quantitative estimate of drug-likeness (QED) is 0.469. The Labute approximate surface area is 105 Å². The number of rotatable bonds is 4. The molecule has 2 rings (SSSR count). The van der Waals surface area contributed by atoms with Crippen LogP contribution in [0.15, 0.2) is 48.5 Å². The Hall–Kier alpha value is -2.42. The molecule has 0 atom stereocenters. The summed E-state index contributed by atoms with van der Waals surface area (Å²) in [6, 6.07) is 14.5. The summed E-state index contributed by atoms with van der Waals surface area (Å²) >= 11 is 0. The molecular weight excluding hydrogens is 228 g/mol. The maximum atomic E-state index is 11.2. The number of para-hydroxylation sites is 1. The highest BCUT2D eigenvalue weighted by atomic mass is 16.5. The highest BCUT2D eigenvalue weighted by molar-refractivity contribution is 6.33. The first-order valence-electron chi connectivity index (χ1n) is 5.49. The molecule has 0 aliphatic rings. The van der Waals surface area contributed by atoms with E-state index in [1.807, 2.05) is 24.3 Å². The topological polar surface area (TPSA) is 43.4 Å². The zero-order chi connectivity index (χ0) is 13.0. The molecule has 0 aromatic heterocycles. The number of benzene rings is 2. The van der Waals surface area contributed by atoms with E-state index in [0.29, 0.717) is 11.8 Å². The lowest BCUT2D eigenvalue weighted by molar-refractivity contribution is -0.104. The van der Waals surface area contributed by atoms with Crippen LogP contribution in [0.2, 0.25) is 0 Å². The first-order chi connectivity index (χ1) is 8.76. The number of carbonyl (C=O) groups is 2. The molecule has 90 valence electrons. The van der Waals surface area contributed by atoms with Crippen molar-refractivity contribution >= 4 is 12.1 Å². The minimum atomic E-state index is -0.512. The molecule has 0 radical (unpaired) electrons. The Morgan fingerprint density at radius 1 is 1.06 bits per heavy atom. The predicted octanol–water partition coefficient (Wildman–Crippen LogP) is 2.74. The molecule has 0 heterocycles. The number of hydrogen-bond acceptors (Lipinski definition) is 3. The minimum absolute atomic E-state index is 0.318. The second kappa shape index (κ2) is 5.27. The van der Waals surface area contributed by atoms with Crippen LogP contribution in [0.4, 0.5) is 0 Å². The molecule has 3 heteroatoms. The zero-order valence-corrected chi connectivity index (χ0v) is 9.92. The summed E-state index contributed by atoms with van der Waals surface area (Å²) in [5.41, 5.74) is 2.28. The fourth-order valence-corrected chi connectivity index (χ4v) is 1.77. The molecule has 0 saturated heterocycles. The predicted molar refractivity (Wildman–Crippen MR) is 68.8 cm³/mol. The Balaban J connectivity index is 2.40. The van der Waals surface area contributed by atoms with Crippen LogP contribution >= 0.6 is 0 Å². The van der Waals surface area contributed by atoms with E-state index in [9.17, 15) is 9.59 Å². The molecule has 0 unspecified atom stereocenters. The summed E-state index contributed by atoms with van der Waals surface area (Å²) in [5.74, 6) is 0.258. The van der Waals surface area contributed by atoms with Gasteiger partial charge in [0.2, 0.25) is 5.78 Å². The van der Waals surface area contributed by atoms with E-state index in [1.165, 1.54) is 0 Å². The Morgan fingerprint density at radius 3 is 2.33 bits per heavy atom. The van der Waals surface area contributed by atoms with Crippen molar-refractivity contribution in [3.63, 3.8) is 0 Å². The van der Waals surface area contributed by atoms with Gasteiger partial charge in [-0.2, -0.15) is 0 Å². The van der Waals surface area contributed by atoms with Gasteiger partial charge in [-0.25, -0.2) is 0 Å². The lowest BCUT2D eigenvalue weighted by Gasteiger charge is -2.08. The monoisotopic (exact) mass is 240 g/mol. The molecule has 0 aliphatic carbocycles. The molecule has 2 aromatic carbocycles. The summed E-state index contributed by atoms with van der Waals surface area (Å²) in [5, 5.41) is 0. The number of hydrogen-bond donors (Lipinski definition) is 0. The van der Waals surface area contributed by atoms with Gasteiger partial charge in [-0.15, -0.1) is 0 Å². The highest BCUT2D eigenvalue weighted by Crippen LogP contribution is 2.29. The van der Waals surface area contributed by atoms with Crippen molar-refractivity contribution in [3.8, 4) is 16.9 Å². The molecule has 0 aliphatic heterocycles. The number of Topliss-reactive ketones (excluding diaryl/α,β-unsaturated/α-hetero) is 1. The van der Waals surface area contributed by atoms with Crippen molar-refractivity contribution < 1.29 is 14.3 Å². The third kappa shape index (κ3) is 2.30. The number of aldehydes is 1. The van der Waals surface area contributed by atoms with Crippen molar-refractivity contribution in [1.29, 1.82) is 0 Å². The third-order valence-corrected chi connectivity index (χ3v) is 2.69. The van der Waals surface area contributed by atoms with E-state index >= 15 is 0 Å². The van der Waals surface area contributed by atoms with Crippen LogP contribution in [0.25, 0.3) is 11.1 Å².